The summed E-state index contributed by atoms with van der Waals surface area (Å²) in [5, 5.41) is 6.12. The number of aromatic nitrogens is 1. The molecule has 2 N–H and O–H groups in total. The summed E-state index contributed by atoms with van der Waals surface area (Å²) in [6.07, 6.45) is -0.0376. The van der Waals surface area contributed by atoms with Crippen LogP contribution in [0.25, 0.3) is 0 Å². The average molecular weight is 579 g/mol. The molecule has 4 rings (SSSR count). The molecule has 0 spiro atoms. The molecule has 2 aliphatic heterocycles. The molecule has 3 heterocycles. The van der Waals surface area contributed by atoms with E-state index in [-0.39, 0.29) is 17.4 Å². The van der Waals surface area contributed by atoms with E-state index in [0.717, 1.165) is 16.6 Å². The largest absolute Gasteiger partial charge is 0.348 e. The van der Waals surface area contributed by atoms with Gasteiger partial charge in [-0.3, -0.25) is 9.59 Å². The summed E-state index contributed by atoms with van der Waals surface area (Å²) >= 11 is 27.4. The monoisotopic (exact) mass is 576 g/mol. The normalized spacial score (nSPS) is 20.8. The van der Waals surface area contributed by atoms with Crippen molar-refractivity contribution >= 4 is 74.0 Å². The van der Waals surface area contributed by atoms with Gasteiger partial charge in [-0.25, -0.2) is 0 Å². The Balaban J connectivity index is 1.47. The minimum atomic E-state index is -1.83. The van der Waals surface area contributed by atoms with Crippen molar-refractivity contribution in [3.8, 4) is 0 Å². The van der Waals surface area contributed by atoms with Crippen molar-refractivity contribution in [2.45, 2.75) is 28.8 Å². The van der Waals surface area contributed by atoms with Crippen LogP contribution in [0, 0.1) is 5.92 Å². The molecular formula is C21H20BrCl3N4O2S. The van der Waals surface area contributed by atoms with Crippen molar-refractivity contribution in [2.24, 2.45) is 5.92 Å². The topological polar surface area (TPSA) is 66.4 Å². The second kappa shape index (κ2) is 9.50. The number of carbonyl (C=O) groups excluding carboxylic acids is 1. The van der Waals surface area contributed by atoms with Crippen LogP contribution in [0.2, 0.25) is 0 Å². The van der Waals surface area contributed by atoms with Gasteiger partial charge in [-0.05, 0) is 54.9 Å². The van der Waals surface area contributed by atoms with Crippen LogP contribution in [0.1, 0.15) is 28.4 Å². The van der Waals surface area contributed by atoms with E-state index in [0.29, 0.717) is 30.3 Å². The molecule has 0 radical (unpaired) electrons. The van der Waals surface area contributed by atoms with E-state index >= 15 is 0 Å². The Kier molecular flexibility index (Phi) is 7.08. The Hall–Kier alpha value is -1.32. The molecule has 1 aromatic heterocycles. The maximum absolute atomic E-state index is 12.7. The fraction of sp³-hybridized carbons (Fsp3) is 0.381. The quantitative estimate of drug-likeness (QED) is 0.327. The zero-order chi connectivity index (χ0) is 23.0. The SMILES string of the molecule is O=C(N[C@@H](NC(=S)N1C[C@@H]2C[C@@H](C1)c1cccc(=O)n1C2)C(Cl)(Cl)Cl)c1ccc(Br)cc1. The highest BCUT2D eigenvalue weighted by Crippen LogP contribution is 2.35. The maximum Gasteiger partial charge on any atom is 0.252 e. The van der Waals surface area contributed by atoms with Gasteiger partial charge < -0.3 is 20.1 Å². The molecule has 1 aromatic carbocycles. The van der Waals surface area contributed by atoms with Crippen molar-refractivity contribution < 1.29 is 4.79 Å². The fourth-order valence-corrected chi connectivity index (χ4v) is 5.15. The zero-order valence-electron chi connectivity index (χ0n) is 16.7. The average Bonchev–Trinajstić information content (AvgIpc) is 2.73. The third kappa shape index (κ3) is 5.25. The van der Waals surface area contributed by atoms with Crippen LogP contribution >= 0.6 is 63.0 Å². The number of nitrogens with zero attached hydrogens (tertiary/aromatic N) is 2. The summed E-state index contributed by atoms with van der Waals surface area (Å²) in [6, 6.07) is 12.2. The standard InChI is InChI=1S/C21H20BrCl3N4O2S/c22-15-6-4-13(5-7-15)18(31)26-19(21(23,24)25)27-20(32)28-9-12-8-14(11-28)16-2-1-3-17(30)29(16)10-12/h1-7,12,14,19H,8-11H2,(H,26,31)(H,27,32)/t12-,14-,19-/m0/s1. The number of alkyl halides is 3. The third-order valence-corrected chi connectivity index (χ3v) is 7.30. The number of piperidine rings is 1. The Bertz CT molecular complexity index is 1090. The Morgan fingerprint density at radius 3 is 2.50 bits per heavy atom. The third-order valence-electron chi connectivity index (χ3n) is 5.74. The molecule has 2 aromatic rings. The van der Waals surface area contributed by atoms with E-state index in [2.05, 4.69) is 26.6 Å². The molecule has 1 saturated heterocycles. The van der Waals surface area contributed by atoms with Gasteiger partial charge in [0.2, 0.25) is 3.79 Å². The molecule has 0 saturated carbocycles. The molecule has 1 fully saturated rings. The lowest BCUT2D eigenvalue weighted by atomic mass is 9.83. The van der Waals surface area contributed by atoms with Crippen molar-refractivity contribution in [3.05, 3.63) is 68.5 Å². The predicted octanol–water partition coefficient (Wildman–Crippen LogP) is 4.03. The summed E-state index contributed by atoms with van der Waals surface area (Å²) in [4.78, 5) is 26.9. The van der Waals surface area contributed by atoms with Crippen LogP contribution in [0.4, 0.5) is 0 Å². The first kappa shape index (κ1) is 23.8. The van der Waals surface area contributed by atoms with Crippen LogP contribution in [0.3, 0.4) is 0 Å². The Morgan fingerprint density at radius 2 is 1.81 bits per heavy atom. The first-order chi connectivity index (χ1) is 15.1. The molecule has 0 unspecified atom stereocenters. The molecule has 2 aliphatic rings. The number of pyridine rings is 1. The molecule has 1 amide bonds. The number of hydrogen-bond acceptors (Lipinski definition) is 3. The molecule has 3 atom stereocenters. The maximum atomic E-state index is 12.7. The number of likely N-dealkylation sites (tertiary alicyclic amines) is 1. The summed E-state index contributed by atoms with van der Waals surface area (Å²) in [5.41, 5.74) is 1.47. The number of amides is 1. The van der Waals surface area contributed by atoms with E-state index < -0.39 is 15.9 Å². The number of hydrogen-bond donors (Lipinski definition) is 2. The lowest BCUT2D eigenvalue weighted by molar-refractivity contribution is 0.0932. The molecule has 6 nitrogen and oxygen atoms in total. The van der Waals surface area contributed by atoms with Crippen LogP contribution < -0.4 is 16.2 Å². The van der Waals surface area contributed by atoms with Crippen molar-refractivity contribution in [1.29, 1.82) is 0 Å². The van der Waals surface area contributed by atoms with Gasteiger partial charge in [0.05, 0.1) is 0 Å². The van der Waals surface area contributed by atoms with Gasteiger partial charge >= 0.3 is 0 Å². The van der Waals surface area contributed by atoms with Crippen LogP contribution in [-0.2, 0) is 6.54 Å². The Labute approximate surface area is 214 Å². The molecule has 11 heteroatoms. The summed E-state index contributed by atoms with van der Waals surface area (Å²) in [7, 11) is 0. The van der Waals surface area contributed by atoms with Crippen LogP contribution in [0.5, 0.6) is 0 Å². The number of halogens is 4. The molecule has 32 heavy (non-hydrogen) atoms. The van der Waals surface area contributed by atoms with Gasteiger partial charge in [0.1, 0.15) is 6.17 Å². The number of rotatable bonds is 3. The highest BCUT2D eigenvalue weighted by molar-refractivity contribution is 9.10. The number of benzene rings is 1. The number of nitrogens with one attached hydrogen (secondary N) is 2. The predicted molar refractivity (Wildman–Crippen MR) is 135 cm³/mol. The summed E-state index contributed by atoms with van der Waals surface area (Å²) in [6.45, 7) is 1.97. The highest BCUT2D eigenvalue weighted by atomic mass is 79.9. The first-order valence-electron chi connectivity index (χ1n) is 10.00. The van der Waals surface area contributed by atoms with Gasteiger partial charge in [-0.2, -0.15) is 0 Å². The minimum Gasteiger partial charge on any atom is -0.348 e. The van der Waals surface area contributed by atoms with E-state index in [1.807, 2.05) is 15.5 Å². The molecule has 2 bridgehead atoms. The highest BCUT2D eigenvalue weighted by Gasteiger charge is 2.39. The van der Waals surface area contributed by atoms with E-state index in [9.17, 15) is 9.59 Å². The molecule has 0 aliphatic carbocycles. The molecule has 170 valence electrons. The van der Waals surface area contributed by atoms with Crippen molar-refractivity contribution in [3.63, 3.8) is 0 Å². The van der Waals surface area contributed by atoms with Gasteiger partial charge in [0.15, 0.2) is 5.11 Å². The van der Waals surface area contributed by atoms with Crippen LogP contribution in [0.15, 0.2) is 51.7 Å². The van der Waals surface area contributed by atoms with Gasteiger partial charge in [-0.1, -0.05) is 56.8 Å². The smallest absolute Gasteiger partial charge is 0.252 e. The minimum absolute atomic E-state index is 0.0262. The van der Waals surface area contributed by atoms with E-state index in [4.69, 9.17) is 47.0 Å². The zero-order valence-corrected chi connectivity index (χ0v) is 21.4. The number of fused-ring (bicyclic) bond motifs is 4. The van der Waals surface area contributed by atoms with Crippen molar-refractivity contribution in [2.75, 3.05) is 13.1 Å². The second-order valence-electron chi connectivity index (χ2n) is 8.01. The van der Waals surface area contributed by atoms with Gasteiger partial charge in [-0.15, -0.1) is 0 Å². The second-order valence-corrected chi connectivity index (χ2v) is 11.7. The van der Waals surface area contributed by atoms with Crippen molar-refractivity contribution in [1.82, 2.24) is 20.1 Å². The van der Waals surface area contributed by atoms with Gasteiger partial charge in [0, 0.05) is 47.3 Å². The number of thiocarbonyl (C=S) groups is 1. The van der Waals surface area contributed by atoms with Crippen LogP contribution in [-0.4, -0.2) is 43.5 Å². The fourth-order valence-electron chi connectivity index (χ4n) is 4.29. The Morgan fingerprint density at radius 1 is 1.09 bits per heavy atom. The molecular weight excluding hydrogens is 559 g/mol. The lowest BCUT2D eigenvalue weighted by Gasteiger charge is -2.44. The first-order valence-corrected chi connectivity index (χ1v) is 12.3. The van der Waals surface area contributed by atoms with E-state index in [1.54, 1.807) is 36.4 Å². The summed E-state index contributed by atoms with van der Waals surface area (Å²) < 4.78 is 0.876. The van der Waals surface area contributed by atoms with E-state index in [1.165, 1.54) is 0 Å². The summed E-state index contributed by atoms with van der Waals surface area (Å²) in [5.74, 6) is 0.0670. The number of carbonyl (C=O) groups is 1. The lowest BCUT2D eigenvalue weighted by Crippen LogP contribution is -2.60. The van der Waals surface area contributed by atoms with Gasteiger partial charge in [0.25, 0.3) is 11.5 Å².